The third-order valence-electron chi connectivity index (χ3n) is 11.6. The van der Waals surface area contributed by atoms with Gasteiger partial charge in [-0.1, -0.05) is 140 Å². The van der Waals surface area contributed by atoms with Crippen LogP contribution in [0.25, 0.3) is 66.1 Å². The topological polar surface area (TPSA) is 46.0 Å². The lowest BCUT2D eigenvalue weighted by atomic mass is 10.0. The average molecular weight is 724 g/mol. The molecule has 1 aliphatic heterocycles. The van der Waals surface area contributed by atoms with Crippen LogP contribution >= 0.6 is 0 Å². The van der Waals surface area contributed by atoms with Crippen molar-refractivity contribution in [2.24, 2.45) is 0 Å². The highest BCUT2D eigenvalue weighted by Gasteiger charge is 2.30. The van der Waals surface area contributed by atoms with Crippen molar-refractivity contribution in [1.82, 2.24) is 25.1 Å². The Bertz CT molecular complexity index is 2970. The van der Waals surface area contributed by atoms with E-state index >= 15 is 0 Å². The summed E-state index contributed by atoms with van der Waals surface area (Å²) in [6, 6.07) is 61.8. The molecule has 0 radical (unpaired) electrons. The first-order chi connectivity index (χ1) is 27.8. The first kappa shape index (κ1) is 32.9. The molecule has 270 valence electrons. The molecule has 3 N–H and O–H groups in total. The van der Waals surface area contributed by atoms with Crippen LogP contribution in [0.2, 0.25) is 0 Å². The molecule has 7 aromatic carbocycles. The van der Waals surface area contributed by atoms with Crippen LogP contribution in [0.3, 0.4) is 0 Å². The fourth-order valence-corrected chi connectivity index (χ4v) is 9.00. The zero-order valence-corrected chi connectivity index (χ0v) is 30.9. The largest absolute Gasteiger partial charge is 0.309 e. The van der Waals surface area contributed by atoms with Crippen LogP contribution in [0, 0.1) is 0 Å². The van der Waals surface area contributed by atoms with Gasteiger partial charge in [-0.3, -0.25) is 16.0 Å². The van der Waals surface area contributed by atoms with Crippen LogP contribution in [-0.4, -0.2) is 15.3 Å². The van der Waals surface area contributed by atoms with Crippen molar-refractivity contribution in [3.8, 4) is 22.5 Å². The molecule has 5 nitrogen and oxygen atoms in total. The van der Waals surface area contributed by atoms with E-state index in [0.717, 1.165) is 24.2 Å². The summed E-state index contributed by atoms with van der Waals surface area (Å²) in [6.07, 6.45) is 8.98. The third kappa shape index (κ3) is 5.59. The molecule has 5 heteroatoms. The molecule has 56 heavy (non-hydrogen) atoms. The minimum absolute atomic E-state index is 0.00972. The van der Waals surface area contributed by atoms with E-state index in [9.17, 15) is 0 Å². The van der Waals surface area contributed by atoms with Gasteiger partial charge in [0, 0.05) is 32.9 Å². The van der Waals surface area contributed by atoms with E-state index in [4.69, 9.17) is 0 Å². The van der Waals surface area contributed by atoms with E-state index in [-0.39, 0.29) is 18.5 Å². The first-order valence-corrected chi connectivity index (χ1v) is 19.7. The van der Waals surface area contributed by atoms with Gasteiger partial charge in [0.2, 0.25) is 0 Å². The summed E-state index contributed by atoms with van der Waals surface area (Å²) in [5.41, 5.74) is 13.2. The van der Waals surface area contributed by atoms with Crippen LogP contribution in [0.5, 0.6) is 0 Å². The number of hydrogen-bond acceptors (Lipinski definition) is 3. The zero-order chi connectivity index (χ0) is 37.0. The fraction of sp³-hybridized carbons (Fsp3) is 0.0980. The Hall–Kier alpha value is -6.50. The van der Waals surface area contributed by atoms with Gasteiger partial charge in [0.15, 0.2) is 0 Å². The number of fused-ring (bicyclic) bond motifs is 6. The van der Waals surface area contributed by atoms with Gasteiger partial charge in [-0.2, -0.15) is 0 Å². The van der Waals surface area contributed by atoms with Gasteiger partial charge < -0.3 is 9.13 Å². The van der Waals surface area contributed by atoms with Gasteiger partial charge in [0.05, 0.1) is 40.6 Å². The Morgan fingerprint density at radius 1 is 0.393 bits per heavy atom. The molecule has 1 fully saturated rings. The molecule has 3 atom stereocenters. The molecular formula is C51H41N5. The fourth-order valence-electron chi connectivity index (χ4n) is 9.00. The quantitative estimate of drug-likeness (QED) is 0.160. The van der Waals surface area contributed by atoms with Gasteiger partial charge >= 0.3 is 0 Å². The number of hydrogen-bond donors (Lipinski definition) is 3. The first-order valence-electron chi connectivity index (χ1n) is 19.7. The average Bonchev–Trinajstić information content (AvgIpc) is 3.78. The van der Waals surface area contributed by atoms with E-state index in [1.165, 1.54) is 71.4 Å². The molecule has 3 heterocycles. The molecule has 0 spiro atoms. The van der Waals surface area contributed by atoms with Gasteiger partial charge in [0.1, 0.15) is 0 Å². The number of rotatable bonds is 6. The highest BCUT2D eigenvalue weighted by Crippen LogP contribution is 2.40. The lowest BCUT2D eigenvalue weighted by Gasteiger charge is -2.40. The molecule has 9 aromatic rings. The number of benzene rings is 7. The van der Waals surface area contributed by atoms with E-state index in [1.54, 1.807) is 0 Å². The lowest BCUT2D eigenvalue weighted by molar-refractivity contribution is 0.224. The molecule has 0 saturated carbocycles. The van der Waals surface area contributed by atoms with E-state index < -0.39 is 0 Å². The van der Waals surface area contributed by atoms with Crippen LogP contribution in [0.4, 0.5) is 0 Å². The van der Waals surface area contributed by atoms with Gasteiger partial charge in [0.25, 0.3) is 0 Å². The van der Waals surface area contributed by atoms with Gasteiger partial charge in [-0.15, -0.1) is 0 Å². The Kier molecular flexibility index (Phi) is 8.02. The highest BCUT2D eigenvalue weighted by atomic mass is 15.4. The van der Waals surface area contributed by atoms with Crippen LogP contribution in [0.15, 0.2) is 194 Å². The van der Waals surface area contributed by atoms with Crippen molar-refractivity contribution in [3.63, 3.8) is 0 Å². The second kappa shape index (κ2) is 13.7. The molecule has 1 aliphatic carbocycles. The summed E-state index contributed by atoms with van der Waals surface area (Å²) in [7, 11) is 0. The van der Waals surface area contributed by atoms with Crippen molar-refractivity contribution < 1.29 is 0 Å². The summed E-state index contributed by atoms with van der Waals surface area (Å²) in [6.45, 7) is 0. The minimum Gasteiger partial charge on any atom is -0.309 e. The Morgan fingerprint density at radius 3 is 1.62 bits per heavy atom. The number of nitrogens with one attached hydrogen (secondary N) is 3. The summed E-state index contributed by atoms with van der Waals surface area (Å²) in [5.74, 6) is 0. The number of nitrogens with zero attached hydrogens (tertiary/aromatic N) is 2. The zero-order valence-electron chi connectivity index (χ0n) is 30.9. The van der Waals surface area contributed by atoms with Crippen molar-refractivity contribution in [2.75, 3.05) is 0 Å². The second-order valence-electron chi connectivity index (χ2n) is 15.0. The Morgan fingerprint density at radius 2 is 0.946 bits per heavy atom. The summed E-state index contributed by atoms with van der Waals surface area (Å²) < 4.78 is 4.89. The standard InChI is InChI=1S/C51H41N5/c1-4-16-34(17-5-1)37-22-14-24-39(30-37)55-45-28-12-10-26-41(45)43-32-44-42-27-11-13-29-46(42)56(48(44)33-47(43)55)40-25-15-23-38(31-40)51-53-49(35-18-6-2-7-19-35)52-50(54-51)36-20-8-3-9-21-36/h1-2,4-8,10-33,49-54H,3,9H2. The molecule has 2 aliphatic rings. The maximum Gasteiger partial charge on any atom is 0.0865 e. The van der Waals surface area contributed by atoms with Crippen LogP contribution in [0.1, 0.15) is 36.3 Å². The Labute approximate surface area is 326 Å². The van der Waals surface area contributed by atoms with Crippen molar-refractivity contribution in [1.29, 1.82) is 0 Å². The molecule has 3 unspecified atom stereocenters. The predicted molar refractivity (Wildman–Crippen MR) is 232 cm³/mol. The van der Waals surface area contributed by atoms with E-state index in [2.05, 4.69) is 213 Å². The van der Waals surface area contributed by atoms with Gasteiger partial charge in [-0.05, 0) is 89.2 Å². The van der Waals surface area contributed by atoms with Crippen LogP contribution < -0.4 is 16.0 Å². The van der Waals surface area contributed by atoms with Gasteiger partial charge in [-0.25, -0.2) is 0 Å². The van der Waals surface area contributed by atoms with Crippen LogP contribution in [-0.2, 0) is 0 Å². The summed E-state index contributed by atoms with van der Waals surface area (Å²) in [4.78, 5) is 0. The normalized spacial score (nSPS) is 18.6. The molecule has 11 rings (SSSR count). The van der Waals surface area contributed by atoms with Crippen molar-refractivity contribution in [3.05, 3.63) is 205 Å². The van der Waals surface area contributed by atoms with Crippen molar-refractivity contribution >= 4 is 43.6 Å². The predicted octanol–water partition coefficient (Wildman–Crippen LogP) is 11.6. The number of allylic oxidation sites excluding steroid dienone is 2. The SMILES string of the molecule is C1=CC(C2NC(c3ccccc3)NC(c3cccc(-n4c5ccccc5c5cc6c7ccccc7n(-c7cccc(-c8ccccc8)c7)c6cc54)c3)N2)=CCC1. The molecular weight excluding hydrogens is 683 g/mol. The second-order valence-corrected chi connectivity index (χ2v) is 15.0. The third-order valence-corrected chi connectivity index (χ3v) is 11.6. The monoisotopic (exact) mass is 723 g/mol. The summed E-state index contributed by atoms with van der Waals surface area (Å²) >= 11 is 0. The molecule has 2 aromatic heterocycles. The summed E-state index contributed by atoms with van der Waals surface area (Å²) in [5, 5.41) is 16.6. The molecule has 0 amide bonds. The number of para-hydroxylation sites is 2. The van der Waals surface area contributed by atoms with E-state index in [1.807, 2.05) is 0 Å². The highest BCUT2D eigenvalue weighted by molar-refractivity contribution is 6.19. The van der Waals surface area contributed by atoms with E-state index in [0.29, 0.717) is 0 Å². The molecule has 1 saturated heterocycles. The lowest BCUT2D eigenvalue weighted by Crippen LogP contribution is -2.59. The Balaban J connectivity index is 1.08. The number of aromatic nitrogens is 2. The molecule has 0 bridgehead atoms. The maximum absolute atomic E-state index is 3.91. The van der Waals surface area contributed by atoms with Crippen molar-refractivity contribution in [2.45, 2.75) is 31.3 Å². The minimum atomic E-state index is -0.0816. The smallest absolute Gasteiger partial charge is 0.0865 e. The maximum atomic E-state index is 3.91.